The Morgan fingerprint density at radius 3 is 2.55 bits per heavy atom. The molecular weight excluding hydrogens is 358 g/mol. The summed E-state index contributed by atoms with van der Waals surface area (Å²) in [6, 6.07) is 18.7. The molecule has 0 fully saturated rings. The number of para-hydroxylation sites is 1. The Bertz CT molecular complexity index is 1090. The van der Waals surface area contributed by atoms with E-state index in [2.05, 4.69) is 95.0 Å². The summed E-state index contributed by atoms with van der Waals surface area (Å²) >= 11 is 0. The zero-order chi connectivity index (χ0) is 20.3. The van der Waals surface area contributed by atoms with Crippen LogP contribution in [0.1, 0.15) is 31.9 Å². The van der Waals surface area contributed by atoms with Crippen LogP contribution in [0.5, 0.6) is 0 Å². The van der Waals surface area contributed by atoms with E-state index in [1.165, 1.54) is 22.0 Å². The molecule has 0 aliphatic heterocycles. The first-order valence-electron chi connectivity index (χ1n) is 9.98. The minimum Gasteiger partial charge on any atom is -0.370 e. The van der Waals surface area contributed by atoms with Crippen LogP contribution in [-0.4, -0.2) is 21.5 Å². The third-order valence-corrected chi connectivity index (χ3v) is 5.04. The fourth-order valence-corrected chi connectivity index (χ4v) is 3.36. The second kappa shape index (κ2) is 7.95. The molecule has 0 aliphatic carbocycles. The third-order valence-electron chi connectivity index (χ3n) is 5.04. The molecule has 0 amide bonds. The normalized spacial score (nSPS) is 11.6. The van der Waals surface area contributed by atoms with Gasteiger partial charge in [0.05, 0.1) is 0 Å². The van der Waals surface area contributed by atoms with Gasteiger partial charge in [0.2, 0.25) is 5.95 Å². The van der Waals surface area contributed by atoms with Gasteiger partial charge in [-0.25, -0.2) is 4.98 Å². The zero-order valence-electron chi connectivity index (χ0n) is 17.2. The molecule has 0 aliphatic rings. The van der Waals surface area contributed by atoms with Crippen LogP contribution in [0.3, 0.4) is 0 Å². The van der Waals surface area contributed by atoms with Gasteiger partial charge in [0.15, 0.2) is 0 Å². The Hall–Kier alpha value is -3.34. The minimum absolute atomic E-state index is 0.143. The number of aromatic nitrogens is 3. The number of nitrogens with zero attached hydrogens (tertiary/aromatic N) is 2. The van der Waals surface area contributed by atoms with Crippen LogP contribution in [0.25, 0.3) is 10.9 Å². The van der Waals surface area contributed by atoms with E-state index < -0.39 is 0 Å². The van der Waals surface area contributed by atoms with Crippen molar-refractivity contribution in [2.24, 2.45) is 0 Å². The molecule has 4 aromatic rings. The number of fused-ring (bicyclic) bond motifs is 1. The van der Waals surface area contributed by atoms with Crippen LogP contribution in [0, 0.1) is 0 Å². The van der Waals surface area contributed by atoms with Gasteiger partial charge in [-0.2, -0.15) is 4.98 Å². The fourth-order valence-electron chi connectivity index (χ4n) is 3.36. The maximum atomic E-state index is 4.58. The zero-order valence-corrected chi connectivity index (χ0v) is 17.2. The third kappa shape index (κ3) is 4.57. The summed E-state index contributed by atoms with van der Waals surface area (Å²) in [6.07, 6.45) is 4.78. The summed E-state index contributed by atoms with van der Waals surface area (Å²) in [5.74, 6) is 1.40. The summed E-state index contributed by atoms with van der Waals surface area (Å²) in [6.45, 7) is 7.44. The summed E-state index contributed by atoms with van der Waals surface area (Å²) < 4.78 is 0. The van der Waals surface area contributed by atoms with Crippen molar-refractivity contribution in [1.29, 1.82) is 0 Å². The lowest BCUT2D eigenvalue weighted by Gasteiger charge is -2.19. The van der Waals surface area contributed by atoms with Crippen LogP contribution >= 0.6 is 0 Å². The van der Waals surface area contributed by atoms with Gasteiger partial charge in [-0.05, 0) is 47.2 Å². The van der Waals surface area contributed by atoms with Crippen molar-refractivity contribution in [1.82, 2.24) is 15.0 Å². The van der Waals surface area contributed by atoms with Crippen LogP contribution in [0.2, 0.25) is 0 Å². The van der Waals surface area contributed by atoms with E-state index in [9.17, 15) is 0 Å². The Morgan fingerprint density at radius 1 is 0.966 bits per heavy atom. The highest BCUT2D eigenvalue weighted by Crippen LogP contribution is 2.24. The average molecular weight is 386 g/mol. The lowest BCUT2D eigenvalue weighted by atomic mass is 9.87. The van der Waals surface area contributed by atoms with E-state index in [0.717, 1.165) is 24.5 Å². The second-order valence-electron chi connectivity index (χ2n) is 8.25. The van der Waals surface area contributed by atoms with Gasteiger partial charge in [0.25, 0.3) is 0 Å². The molecule has 0 bridgehead atoms. The van der Waals surface area contributed by atoms with Crippen LogP contribution in [0.15, 0.2) is 67.0 Å². The molecule has 0 spiro atoms. The van der Waals surface area contributed by atoms with Crippen molar-refractivity contribution in [3.05, 3.63) is 78.1 Å². The number of anilines is 3. The molecule has 0 radical (unpaired) electrons. The van der Waals surface area contributed by atoms with Crippen LogP contribution in [-0.2, 0) is 11.8 Å². The molecule has 2 aromatic carbocycles. The van der Waals surface area contributed by atoms with Gasteiger partial charge < -0.3 is 15.6 Å². The number of benzene rings is 2. The van der Waals surface area contributed by atoms with E-state index in [1.807, 2.05) is 12.1 Å². The Kier molecular flexibility index (Phi) is 5.21. The molecule has 3 N–H and O–H groups in total. The predicted molar refractivity (Wildman–Crippen MR) is 121 cm³/mol. The lowest BCUT2D eigenvalue weighted by Crippen LogP contribution is -2.10. The fraction of sp³-hybridized carbons (Fsp3) is 0.250. The predicted octanol–water partition coefficient (Wildman–Crippen LogP) is 5.65. The van der Waals surface area contributed by atoms with Gasteiger partial charge >= 0.3 is 0 Å². The van der Waals surface area contributed by atoms with E-state index in [1.54, 1.807) is 6.20 Å². The second-order valence-corrected chi connectivity index (χ2v) is 8.25. The first-order chi connectivity index (χ1) is 14.0. The molecule has 29 heavy (non-hydrogen) atoms. The monoisotopic (exact) mass is 385 g/mol. The molecule has 0 saturated heterocycles. The van der Waals surface area contributed by atoms with Crippen molar-refractivity contribution in [2.75, 3.05) is 17.2 Å². The number of nitrogens with one attached hydrogen (secondary N) is 3. The molecule has 0 atom stereocenters. The molecule has 4 rings (SSSR count). The number of rotatable bonds is 6. The van der Waals surface area contributed by atoms with E-state index in [4.69, 9.17) is 0 Å². The highest BCUT2D eigenvalue weighted by molar-refractivity contribution is 5.83. The van der Waals surface area contributed by atoms with Gasteiger partial charge in [0, 0.05) is 35.5 Å². The molecule has 5 heteroatoms. The van der Waals surface area contributed by atoms with Gasteiger partial charge in [0.1, 0.15) is 5.82 Å². The van der Waals surface area contributed by atoms with Crippen molar-refractivity contribution < 1.29 is 0 Å². The van der Waals surface area contributed by atoms with E-state index >= 15 is 0 Å². The van der Waals surface area contributed by atoms with Gasteiger partial charge in [-0.15, -0.1) is 0 Å². The summed E-state index contributed by atoms with van der Waals surface area (Å²) in [5, 5.41) is 7.96. The first-order valence-corrected chi connectivity index (χ1v) is 9.98. The number of hydrogen-bond donors (Lipinski definition) is 3. The summed E-state index contributed by atoms with van der Waals surface area (Å²) in [7, 11) is 0. The molecular formula is C24H27N5. The van der Waals surface area contributed by atoms with Crippen molar-refractivity contribution >= 4 is 28.4 Å². The SMILES string of the molecule is CC(C)(C)c1ccc(Nc2nccc(NCCc3c[nH]c4ccccc34)n2)cc1. The summed E-state index contributed by atoms with van der Waals surface area (Å²) in [4.78, 5) is 12.2. The minimum atomic E-state index is 0.143. The first kappa shape index (κ1) is 19.0. The van der Waals surface area contributed by atoms with Crippen molar-refractivity contribution in [3.8, 4) is 0 Å². The maximum Gasteiger partial charge on any atom is 0.229 e. The van der Waals surface area contributed by atoms with Gasteiger partial charge in [-0.1, -0.05) is 51.1 Å². The largest absolute Gasteiger partial charge is 0.370 e. The van der Waals surface area contributed by atoms with E-state index in [-0.39, 0.29) is 5.41 Å². The molecule has 2 aromatic heterocycles. The van der Waals surface area contributed by atoms with E-state index in [0.29, 0.717) is 5.95 Å². The summed E-state index contributed by atoms with van der Waals surface area (Å²) in [5.41, 5.74) is 4.91. The Labute approximate surface area is 171 Å². The number of aromatic amines is 1. The molecule has 5 nitrogen and oxygen atoms in total. The number of H-pyrrole nitrogens is 1. The molecule has 2 heterocycles. The number of hydrogen-bond acceptors (Lipinski definition) is 4. The quantitative estimate of drug-likeness (QED) is 0.401. The molecule has 0 unspecified atom stereocenters. The average Bonchev–Trinajstić information content (AvgIpc) is 3.11. The smallest absolute Gasteiger partial charge is 0.229 e. The van der Waals surface area contributed by atoms with Crippen LogP contribution in [0.4, 0.5) is 17.5 Å². The Morgan fingerprint density at radius 2 is 1.76 bits per heavy atom. The van der Waals surface area contributed by atoms with Crippen LogP contribution < -0.4 is 10.6 Å². The highest BCUT2D eigenvalue weighted by atomic mass is 15.1. The molecule has 0 saturated carbocycles. The molecule has 148 valence electrons. The topological polar surface area (TPSA) is 65.6 Å². The Balaban J connectivity index is 1.37. The van der Waals surface area contributed by atoms with Crippen molar-refractivity contribution in [3.63, 3.8) is 0 Å². The van der Waals surface area contributed by atoms with Gasteiger partial charge in [-0.3, -0.25) is 0 Å². The maximum absolute atomic E-state index is 4.58. The lowest BCUT2D eigenvalue weighted by molar-refractivity contribution is 0.590. The highest BCUT2D eigenvalue weighted by Gasteiger charge is 2.13. The standard InChI is InChI=1S/C24H27N5/c1-24(2,3)18-8-10-19(11-9-18)28-23-26-15-13-22(29-23)25-14-12-17-16-27-21-7-5-4-6-20(17)21/h4-11,13,15-16,27H,12,14H2,1-3H3,(H2,25,26,28,29). The van der Waals surface area contributed by atoms with Crippen molar-refractivity contribution in [2.45, 2.75) is 32.6 Å².